The molecule has 0 aliphatic rings. The summed E-state index contributed by atoms with van der Waals surface area (Å²) in [7, 11) is 1.47. The Kier molecular flexibility index (Phi) is 6.23. The summed E-state index contributed by atoms with van der Waals surface area (Å²) in [6.45, 7) is -0.788. The standard InChI is InChI=1S/C7H16O5/c1-11-6-12-5-7(2-8,3-9)4-10/h8-10H,2-6H2,1H3. The van der Waals surface area contributed by atoms with E-state index in [-0.39, 0.29) is 33.2 Å². The van der Waals surface area contributed by atoms with Crippen molar-refractivity contribution in [2.24, 2.45) is 5.41 Å². The van der Waals surface area contributed by atoms with Crippen molar-refractivity contribution in [2.75, 3.05) is 40.3 Å². The third-order valence-electron chi connectivity index (χ3n) is 1.62. The second-order valence-electron chi connectivity index (χ2n) is 2.73. The summed E-state index contributed by atoms with van der Waals surface area (Å²) in [5.41, 5.74) is -0.960. The zero-order chi connectivity index (χ0) is 9.45. The molecule has 0 unspecified atom stereocenters. The third-order valence-corrected chi connectivity index (χ3v) is 1.62. The van der Waals surface area contributed by atoms with Gasteiger partial charge in [0.15, 0.2) is 0 Å². The lowest BCUT2D eigenvalue weighted by molar-refractivity contribution is -0.104. The molecule has 0 rings (SSSR count). The fourth-order valence-electron chi connectivity index (χ4n) is 0.628. The molecular formula is C7H16O5. The molecule has 0 heterocycles. The minimum absolute atomic E-state index is 0.0737. The molecule has 74 valence electrons. The molecule has 0 aromatic carbocycles. The summed E-state index contributed by atoms with van der Waals surface area (Å²) in [6, 6.07) is 0. The molecule has 0 amide bonds. The van der Waals surface area contributed by atoms with E-state index in [1.807, 2.05) is 0 Å². The van der Waals surface area contributed by atoms with Gasteiger partial charge in [0.25, 0.3) is 0 Å². The van der Waals surface area contributed by atoms with Gasteiger partial charge in [0, 0.05) is 7.11 Å². The van der Waals surface area contributed by atoms with Crippen LogP contribution in [0.25, 0.3) is 0 Å². The van der Waals surface area contributed by atoms with Gasteiger partial charge >= 0.3 is 0 Å². The SMILES string of the molecule is COCOCC(CO)(CO)CO. The van der Waals surface area contributed by atoms with Crippen LogP contribution >= 0.6 is 0 Å². The van der Waals surface area contributed by atoms with E-state index in [1.165, 1.54) is 7.11 Å². The van der Waals surface area contributed by atoms with E-state index in [4.69, 9.17) is 20.1 Å². The fraction of sp³-hybridized carbons (Fsp3) is 1.00. The Bertz CT molecular complexity index is 93.7. The van der Waals surface area contributed by atoms with Crippen LogP contribution in [0.3, 0.4) is 0 Å². The number of hydrogen-bond acceptors (Lipinski definition) is 5. The summed E-state index contributed by atoms with van der Waals surface area (Å²) in [6.07, 6.45) is 0. The smallest absolute Gasteiger partial charge is 0.146 e. The van der Waals surface area contributed by atoms with Crippen LogP contribution in [0.1, 0.15) is 0 Å². The lowest BCUT2D eigenvalue weighted by Crippen LogP contribution is -2.38. The molecular weight excluding hydrogens is 164 g/mol. The maximum Gasteiger partial charge on any atom is 0.146 e. The van der Waals surface area contributed by atoms with E-state index < -0.39 is 5.41 Å². The number of methoxy groups -OCH3 is 1. The molecule has 0 bridgehead atoms. The first kappa shape index (κ1) is 11.8. The number of hydrogen-bond donors (Lipinski definition) is 3. The monoisotopic (exact) mass is 180 g/mol. The van der Waals surface area contributed by atoms with E-state index in [2.05, 4.69) is 4.74 Å². The van der Waals surface area contributed by atoms with Gasteiger partial charge in [-0.2, -0.15) is 0 Å². The molecule has 0 saturated heterocycles. The van der Waals surface area contributed by atoms with Crippen molar-refractivity contribution in [1.82, 2.24) is 0 Å². The third kappa shape index (κ3) is 3.46. The Balaban J connectivity index is 3.76. The van der Waals surface area contributed by atoms with Crippen LogP contribution in [0.2, 0.25) is 0 Å². The lowest BCUT2D eigenvalue weighted by atomic mass is 9.93. The molecule has 0 aliphatic carbocycles. The topological polar surface area (TPSA) is 79.2 Å². The number of aliphatic hydroxyl groups is 3. The fourth-order valence-corrected chi connectivity index (χ4v) is 0.628. The Morgan fingerprint density at radius 2 is 1.58 bits per heavy atom. The molecule has 3 N–H and O–H groups in total. The molecule has 0 radical (unpaired) electrons. The Morgan fingerprint density at radius 3 is 1.92 bits per heavy atom. The second-order valence-corrected chi connectivity index (χ2v) is 2.73. The van der Waals surface area contributed by atoms with Crippen molar-refractivity contribution < 1.29 is 24.8 Å². The zero-order valence-corrected chi connectivity index (χ0v) is 7.19. The van der Waals surface area contributed by atoms with Crippen LogP contribution in [-0.4, -0.2) is 55.6 Å². The van der Waals surface area contributed by atoms with Gasteiger partial charge in [0.1, 0.15) is 6.79 Å². The molecule has 0 atom stereocenters. The van der Waals surface area contributed by atoms with Gasteiger partial charge in [-0.25, -0.2) is 0 Å². The van der Waals surface area contributed by atoms with Gasteiger partial charge < -0.3 is 24.8 Å². The summed E-state index contributed by atoms with van der Waals surface area (Å²) >= 11 is 0. The molecule has 0 aliphatic heterocycles. The summed E-state index contributed by atoms with van der Waals surface area (Å²) < 4.78 is 9.52. The van der Waals surface area contributed by atoms with Crippen molar-refractivity contribution >= 4 is 0 Å². The van der Waals surface area contributed by atoms with Gasteiger partial charge in [-0.15, -0.1) is 0 Å². The summed E-state index contributed by atoms with van der Waals surface area (Å²) in [5, 5.41) is 26.5. The van der Waals surface area contributed by atoms with Crippen molar-refractivity contribution in [2.45, 2.75) is 0 Å². The normalized spacial score (nSPS) is 12.0. The molecule has 12 heavy (non-hydrogen) atoms. The average Bonchev–Trinajstić information content (AvgIpc) is 2.14. The molecule has 0 aromatic heterocycles. The molecule has 5 nitrogen and oxygen atoms in total. The minimum Gasteiger partial charge on any atom is -0.396 e. The van der Waals surface area contributed by atoms with E-state index in [0.717, 1.165) is 0 Å². The number of ether oxygens (including phenoxy) is 2. The number of rotatable bonds is 7. The Labute approximate surface area is 71.5 Å². The quantitative estimate of drug-likeness (QED) is 0.331. The molecule has 0 spiro atoms. The van der Waals surface area contributed by atoms with E-state index in [0.29, 0.717) is 0 Å². The van der Waals surface area contributed by atoms with Crippen LogP contribution < -0.4 is 0 Å². The largest absolute Gasteiger partial charge is 0.396 e. The summed E-state index contributed by atoms with van der Waals surface area (Å²) in [5.74, 6) is 0. The molecule has 0 saturated carbocycles. The van der Waals surface area contributed by atoms with Gasteiger partial charge in [0.05, 0.1) is 31.8 Å². The average molecular weight is 180 g/mol. The van der Waals surface area contributed by atoms with Crippen molar-refractivity contribution in [3.05, 3.63) is 0 Å². The second kappa shape index (κ2) is 6.33. The van der Waals surface area contributed by atoms with Crippen molar-refractivity contribution in [3.8, 4) is 0 Å². The van der Waals surface area contributed by atoms with E-state index in [1.54, 1.807) is 0 Å². The highest BCUT2D eigenvalue weighted by Crippen LogP contribution is 2.14. The van der Waals surface area contributed by atoms with E-state index >= 15 is 0 Å². The van der Waals surface area contributed by atoms with Gasteiger partial charge in [-0.3, -0.25) is 0 Å². The predicted molar refractivity (Wildman–Crippen MR) is 41.5 cm³/mol. The lowest BCUT2D eigenvalue weighted by Gasteiger charge is -2.26. The predicted octanol–water partition coefficient (Wildman–Crippen LogP) is -1.43. The summed E-state index contributed by atoms with van der Waals surface area (Å²) in [4.78, 5) is 0. The van der Waals surface area contributed by atoms with Crippen molar-refractivity contribution in [3.63, 3.8) is 0 Å². The first-order valence-corrected chi connectivity index (χ1v) is 3.64. The zero-order valence-electron chi connectivity index (χ0n) is 7.19. The first-order valence-electron chi connectivity index (χ1n) is 3.64. The maximum absolute atomic E-state index is 8.84. The van der Waals surface area contributed by atoms with Crippen molar-refractivity contribution in [1.29, 1.82) is 0 Å². The highest BCUT2D eigenvalue weighted by atomic mass is 16.7. The van der Waals surface area contributed by atoms with Gasteiger partial charge in [-0.05, 0) is 0 Å². The highest BCUT2D eigenvalue weighted by molar-refractivity contribution is 4.76. The minimum atomic E-state index is -0.960. The Hall–Kier alpha value is -0.200. The van der Waals surface area contributed by atoms with Crippen LogP contribution in [0.15, 0.2) is 0 Å². The maximum atomic E-state index is 8.84. The van der Waals surface area contributed by atoms with Crippen LogP contribution in [0.5, 0.6) is 0 Å². The number of aliphatic hydroxyl groups excluding tert-OH is 3. The molecule has 0 fully saturated rings. The van der Waals surface area contributed by atoms with Gasteiger partial charge in [0.2, 0.25) is 0 Å². The van der Waals surface area contributed by atoms with E-state index in [9.17, 15) is 0 Å². The highest BCUT2D eigenvalue weighted by Gasteiger charge is 2.28. The van der Waals surface area contributed by atoms with Crippen LogP contribution in [-0.2, 0) is 9.47 Å². The van der Waals surface area contributed by atoms with Crippen LogP contribution in [0.4, 0.5) is 0 Å². The molecule has 0 aromatic rings. The van der Waals surface area contributed by atoms with Gasteiger partial charge in [-0.1, -0.05) is 0 Å². The molecule has 5 heteroatoms. The van der Waals surface area contributed by atoms with Crippen LogP contribution in [0, 0.1) is 5.41 Å². The first-order chi connectivity index (χ1) is 5.74. The Morgan fingerprint density at radius 1 is 1.08 bits per heavy atom.